The van der Waals surface area contributed by atoms with Crippen LogP contribution in [0.5, 0.6) is 0 Å². The first kappa shape index (κ1) is 24.9. The summed E-state index contributed by atoms with van der Waals surface area (Å²) in [5, 5.41) is 3.59. The Morgan fingerprint density at radius 3 is 2.13 bits per heavy atom. The number of carbonyl (C=O) groups is 2. The van der Waals surface area contributed by atoms with Gasteiger partial charge in [-0.3, -0.25) is 9.59 Å². The number of nitrogens with zero attached hydrogens (tertiary/aromatic N) is 1. The second-order valence-electron chi connectivity index (χ2n) is 11.5. The zero-order valence-corrected chi connectivity index (χ0v) is 22.1. The molecule has 196 valence electrons. The molecule has 6 rings (SSSR count). The fourth-order valence-corrected chi connectivity index (χ4v) is 7.90. The van der Waals surface area contributed by atoms with Gasteiger partial charge in [0, 0.05) is 24.5 Å². The predicted molar refractivity (Wildman–Crippen MR) is 151 cm³/mol. The molecule has 1 spiro atoms. The van der Waals surface area contributed by atoms with Gasteiger partial charge >= 0.3 is 0 Å². The Morgan fingerprint density at radius 1 is 0.842 bits per heavy atom. The molecule has 0 aromatic heterocycles. The highest BCUT2D eigenvalue weighted by molar-refractivity contribution is 5.87. The molecule has 1 aliphatic carbocycles. The SMILES string of the molecule is O=C(N[C@H]1CC[C@@]23CCCN2C(=O)CCC[C@H]3[C@H]1Cc1ccccc1)C(c1ccccc1)c1ccccc1. The molecule has 2 amide bonds. The highest BCUT2D eigenvalue weighted by Crippen LogP contribution is 2.52. The number of benzene rings is 3. The molecule has 1 N–H and O–H groups in total. The van der Waals surface area contributed by atoms with Crippen molar-refractivity contribution in [2.24, 2.45) is 11.8 Å². The van der Waals surface area contributed by atoms with E-state index in [2.05, 4.69) is 64.8 Å². The molecular formula is C34H38N2O2. The maximum Gasteiger partial charge on any atom is 0.232 e. The smallest absolute Gasteiger partial charge is 0.232 e. The van der Waals surface area contributed by atoms with Crippen LogP contribution in [0.25, 0.3) is 0 Å². The average molecular weight is 507 g/mol. The molecule has 3 aromatic carbocycles. The van der Waals surface area contributed by atoms with Crippen LogP contribution in [0.2, 0.25) is 0 Å². The lowest BCUT2D eigenvalue weighted by Gasteiger charge is -2.53. The number of nitrogens with one attached hydrogen (secondary N) is 1. The van der Waals surface area contributed by atoms with Crippen molar-refractivity contribution in [2.75, 3.05) is 6.54 Å². The molecule has 2 aliphatic heterocycles. The summed E-state index contributed by atoms with van der Waals surface area (Å²) >= 11 is 0. The van der Waals surface area contributed by atoms with Crippen molar-refractivity contribution >= 4 is 11.8 Å². The van der Waals surface area contributed by atoms with Gasteiger partial charge in [-0.05, 0) is 73.5 Å². The molecule has 3 fully saturated rings. The van der Waals surface area contributed by atoms with Gasteiger partial charge in [0.1, 0.15) is 0 Å². The quantitative estimate of drug-likeness (QED) is 0.438. The Morgan fingerprint density at radius 2 is 1.47 bits per heavy atom. The van der Waals surface area contributed by atoms with E-state index in [1.807, 2.05) is 36.4 Å². The Hall–Kier alpha value is -3.40. The van der Waals surface area contributed by atoms with Crippen molar-refractivity contribution in [1.82, 2.24) is 10.2 Å². The summed E-state index contributed by atoms with van der Waals surface area (Å²) in [6, 6.07) is 31.1. The van der Waals surface area contributed by atoms with Crippen LogP contribution >= 0.6 is 0 Å². The normalized spacial score (nSPS) is 26.9. The van der Waals surface area contributed by atoms with Gasteiger partial charge in [-0.25, -0.2) is 0 Å². The van der Waals surface area contributed by atoms with Gasteiger partial charge in [0.15, 0.2) is 0 Å². The van der Waals surface area contributed by atoms with Crippen molar-refractivity contribution < 1.29 is 9.59 Å². The molecule has 2 heterocycles. The lowest BCUT2D eigenvalue weighted by atomic mass is 9.61. The number of carbonyl (C=O) groups excluding carboxylic acids is 2. The molecular weight excluding hydrogens is 468 g/mol. The summed E-state index contributed by atoms with van der Waals surface area (Å²) in [5.74, 6) is 0.786. The summed E-state index contributed by atoms with van der Waals surface area (Å²) in [6.07, 6.45) is 7.71. The van der Waals surface area contributed by atoms with Gasteiger partial charge < -0.3 is 10.2 Å². The lowest BCUT2D eigenvalue weighted by molar-refractivity contribution is -0.139. The Labute approximate surface area is 226 Å². The first-order valence-electron chi connectivity index (χ1n) is 14.4. The van der Waals surface area contributed by atoms with Crippen LogP contribution in [0.4, 0.5) is 0 Å². The first-order chi connectivity index (χ1) is 18.7. The van der Waals surface area contributed by atoms with Crippen LogP contribution in [-0.2, 0) is 16.0 Å². The highest BCUT2D eigenvalue weighted by atomic mass is 16.2. The van der Waals surface area contributed by atoms with Crippen molar-refractivity contribution in [1.29, 1.82) is 0 Å². The summed E-state index contributed by atoms with van der Waals surface area (Å²) in [5.41, 5.74) is 3.32. The minimum absolute atomic E-state index is 0.0352. The van der Waals surface area contributed by atoms with E-state index in [-0.39, 0.29) is 23.4 Å². The second-order valence-corrected chi connectivity index (χ2v) is 11.5. The van der Waals surface area contributed by atoms with Gasteiger partial charge in [-0.15, -0.1) is 0 Å². The highest BCUT2D eigenvalue weighted by Gasteiger charge is 2.56. The van der Waals surface area contributed by atoms with E-state index in [1.165, 1.54) is 5.56 Å². The summed E-state index contributed by atoms with van der Waals surface area (Å²) in [6.45, 7) is 0.897. The van der Waals surface area contributed by atoms with Gasteiger partial charge in [-0.1, -0.05) is 91.0 Å². The fourth-order valence-electron chi connectivity index (χ4n) is 7.90. The van der Waals surface area contributed by atoms with Crippen LogP contribution < -0.4 is 5.32 Å². The topological polar surface area (TPSA) is 49.4 Å². The Bertz CT molecular complexity index is 1210. The standard InChI is InChI=1S/C34H38N2O2/c37-31-19-10-18-29-28(24-25-12-4-1-5-13-25)30(20-22-34(29)21-11-23-36(31)34)35-33(38)32(26-14-6-2-7-15-26)27-16-8-3-9-17-27/h1-9,12-17,28-30,32H,10-11,18-24H2,(H,35,38)/t28-,29+,30+,34-/m1/s1. The van der Waals surface area contributed by atoms with Crippen LogP contribution in [0, 0.1) is 11.8 Å². The largest absolute Gasteiger partial charge is 0.352 e. The van der Waals surface area contributed by atoms with Crippen LogP contribution in [0.15, 0.2) is 91.0 Å². The maximum atomic E-state index is 14.1. The van der Waals surface area contributed by atoms with Crippen molar-refractivity contribution in [3.8, 4) is 0 Å². The third kappa shape index (κ3) is 4.66. The van der Waals surface area contributed by atoms with E-state index in [0.717, 1.165) is 62.6 Å². The third-order valence-corrected chi connectivity index (χ3v) is 9.52. The minimum Gasteiger partial charge on any atom is -0.352 e. The van der Waals surface area contributed by atoms with Crippen molar-refractivity contribution in [2.45, 2.75) is 68.9 Å². The molecule has 4 atom stereocenters. The molecule has 0 bridgehead atoms. The van der Waals surface area contributed by atoms with Gasteiger partial charge in [0.25, 0.3) is 0 Å². The van der Waals surface area contributed by atoms with E-state index < -0.39 is 0 Å². The number of amides is 2. The lowest BCUT2D eigenvalue weighted by Crippen LogP contribution is -2.61. The third-order valence-electron chi connectivity index (χ3n) is 9.52. The van der Waals surface area contributed by atoms with E-state index in [9.17, 15) is 9.59 Å². The summed E-state index contributed by atoms with van der Waals surface area (Å²) in [4.78, 5) is 29.5. The van der Waals surface area contributed by atoms with Crippen LogP contribution in [0.3, 0.4) is 0 Å². The molecule has 0 unspecified atom stereocenters. The molecule has 38 heavy (non-hydrogen) atoms. The Kier molecular flexibility index (Phi) is 7.06. The monoisotopic (exact) mass is 506 g/mol. The number of rotatable bonds is 6. The van der Waals surface area contributed by atoms with Crippen molar-refractivity contribution in [3.63, 3.8) is 0 Å². The zero-order valence-electron chi connectivity index (χ0n) is 22.1. The van der Waals surface area contributed by atoms with Gasteiger partial charge in [-0.2, -0.15) is 0 Å². The molecule has 4 heteroatoms. The van der Waals surface area contributed by atoms with E-state index in [4.69, 9.17) is 0 Å². The number of hydrogen-bond acceptors (Lipinski definition) is 2. The minimum atomic E-state index is -0.343. The average Bonchev–Trinajstić information content (AvgIpc) is 3.32. The predicted octanol–water partition coefficient (Wildman–Crippen LogP) is 6.12. The molecule has 1 saturated carbocycles. The van der Waals surface area contributed by atoms with E-state index >= 15 is 0 Å². The molecule has 2 saturated heterocycles. The molecule has 4 nitrogen and oxygen atoms in total. The summed E-state index contributed by atoms with van der Waals surface area (Å²) in [7, 11) is 0. The van der Waals surface area contributed by atoms with Gasteiger partial charge in [0.05, 0.1) is 5.92 Å². The van der Waals surface area contributed by atoms with Gasteiger partial charge in [0.2, 0.25) is 11.8 Å². The molecule has 3 aliphatic rings. The summed E-state index contributed by atoms with van der Waals surface area (Å²) < 4.78 is 0. The number of hydrogen-bond donors (Lipinski definition) is 1. The van der Waals surface area contributed by atoms with E-state index in [1.54, 1.807) is 0 Å². The first-order valence-corrected chi connectivity index (χ1v) is 14.4. The zero-order chi connectivity index (χ0) is 26.0. The van der Waals surface area contributed by atoms with Crippen LogP contribution in [0.1, 0.15) is 67.6 Å². The Balaban J connectivity index is 1.34. The maximum absolute atomic E-state index is 14.1. The second kappa shape index (κ2) is 10.8. The van der Waals surface area contributed by atoms with Crippen LogP contribution in [-0.4, -0.2) is 34.8 Å². The molecule has 0 radical (unpaired) electrons. The molecule has 3 aromatic rings. The fraction of sp³-hybridized carbons (Fsp3) is 0.412. The van der Waals surface area contributed by atoms with E-state index in [0.29, 0.717) is 24.2 Å². The van der Waals surface area contributed by atoms with Crippen molar-refractivity contribution in [3.05, 3.63) is 108 Å².